The van der Waals surface area contributed by atoms with Gasteiger partial charge in [-0.2, -0.15) is 17.7 Å². The topological polar surface area (TPSA) is 61.5 Å². The molecule has 3 aromatic rings. The lowest BCUT2D eigenvalue weighted by atomic mass is 10.3. The number of aromatic nitrogens is 4. The summed E-state index contributed by atoms with van der Waals surface area (Å²) in [6, 6.07) is 9.30. The van der Waals surface area contributed by atoms with Crippen molar-refractivity contribution in [3.8, 4) is 17.4 Å². The maximum Gasteiger partial charge on any atom is 0.453 e. The zero-order valence-corrected chi connectivity index (χ0v) is 11.2. The standard InChI is InChI=1S/C13H9F3N4O2/c1-21-8-2-4-9(5-3-8)22-11-7-6-10-17-18-12(13(14,15)16)20(10)19-11/h2-7H,1H3. The second-order valence-corrected chi connectivity index (χ2v) is 4.24. The van der Waals surface area contributed by atoms with Crippen LogP contribution in [0.2, 0.25) is 0 Å². The number of halogens is 3. The molecule has 2 aromatic heterocycles. The minimum atomic E-state index is -4.65. The summed E-state index contributed by atoms with van der Waals surface area (Å²) < 4.78 is 49.3. The molecule has 6 nitrogen and oxygen atoms in total. The van der Waals surface area contributed by atoms with E-state index in [1.165, 1.54) is 19.2 Å². The molecule has 0 atom stereocenters. The minimum Gasteiger partial charge on any atom is -0.497 e. The van der Waals surface area contributed by atoms with Crippen molar-refractivity contribution >= 4 is 5.65 Å². The van der Waals surface area contributed by atoms with Gasteiger partial charge in [-0.25, -0.2) is 0 Å². The summed E-state index contributed by atoms with van der Waals surface area (Å²) in [6.45, 7) is 0. The summed E-state index contributed by atoms with van der Waals surface area (Å²) in [5.74, 6) is -0.172. The summed E-state index contributed by atoms with van der Waals surface area (Å²) in [4.78, 5) is 0. The zero-order valence-electron chi connectivity index (χ0n) is 11.2. The molecule has 3 rings (SSSR count). The average molecular weight is 310 g/mol. The Kier molecular flexibility index (Phi) is 3.32. The predicted octanol–water partition coefficient (Wildman–Crippen LogP) is 2.94. The lowest BCUT2D eigenvalue weighted by Gasteiger charge is -2.07. The van der Waals surface area contributed by atoms with Crippen LogP contribution in [0.15, 0.2) is 36.4 Å². The second kappa shape index (κ2) is 5.17. The number of benzene rings is 1. The van der Waals surface area contributed by atoms with Crippen LogP contribution in [0.3, 0.4) is 0 Å². The fraction of sp³-hybridized carbons (Fsp3) is 0.154. The minimum absolute atomic E-state index is 0.0111. The Labute approximate surface area is 122 Å². The predicted molar refractivity (Wildman–Crippen MR) is 68.9 cm³/mol. The van der Waals surface area contributed by atoms with Crippen molar-refractivity contribution < 1.29 is 22.6 Å². The van der Waals surface area contributed by atoms with Gasteiger partial charge in [0.1, 0.15) is 11.5 Å². The summed E-state index contributed by atoms with van der Waals surface area (Å²) >= 11 is 0. The quantitative estimate of drug-likeness (QED) is 0.744. The molecule has 0 saturated carbocycles. The molecule has 0 bridgehead atoms. The number of hydrogen-bond acceptors (Lipinski definition) is 5. The summed E-state index contributed by atoms with van der Waals surface area (Å²) in [6.07, 6.45) is -4.65. The van der Waals surface area contributed by atoms with E-state index in [0.29, 0.717) is 16.0 Å². The molecule has 0 aliphatic rings. The van der Waals surface area contributed by atoms with Crippen LogP contribution >= 0.6 is 0 Å². The number of alkyl halides is 3. The van der Waals surface area contributed by atoms with Crippen molar-refractivity contribution in [2.75, 3.05) is 7.11 Å². The van der Waals surface area contributed by atoms with E-state index >= 15 is 0 Å². The molecule has 0 saturated heterocycles. The fourth-order valence-electron chi connectivity index (χ4n) is 1.77. The van der Waals surface area contributed by atoms with Gasteiger partial charge in [0.25, 0.3) is 5.82 Å². The van der Waals surface area contributed by atoms with Gasteiger partial charge in [-0.1, -0.05) is 0 Å². The Balaban J connectivity index is 1.93. The second-order valence-electron chi connectivity index (χ2n) is 4.24. The van der Waals surface area contributed by atoms with E-state index in [9.17, 15) is 13.2 Å². The molecule has 114 valence electrons. The van der Waals surface area contributed by atoms with Crippen molar-refractivity contribution in [1.82, 2.24) is 19.8 Å². The van der Waals surface area contributed by atoms with Crippen LogP contribution in [0.25, 0.3) is 5.65 Å². The van der Waals surface area contributed by atoms with Gasteiger partial charge in [0, 0.05) is 6.07 Å². The van der Waals surface area contributed by atoms with Gasteiger partial charge in [-0.05, 0) is 30.3 Å². The van der Waals surface area contributed by atoms with Gasteiger partial charge in [0.15, 0.2) is 5.65 Å². The number of hydrogen-bond donors (Lipinski definition) is 0. The third-order valence-corrected chi connectivity index (χ3v) is 2.77. The Bertz CT molecular complexity index is 799. The molecule has 1 aromatic carbocycles. The molecule has 0 aliphatic carbocycles. The van der Waals surface area contributed by atoms with Crippen molar-refractivity contribution in [2.24, 2.45) is 0 Å². The number of rotatable bonds is 3. The van der Waals surface area contributed by atoms with E-state index < -0.39 is 12.0 Å². The summed E-state index contributed by atoms with van der Waals surface area (Å²) in [7, 11) is 1.52. The van der Waals surface area contributed by atoms with Crippen LogP contribution in [0, 0.1) is 0 Å². The molecule has 0 radical (unpaired) electrons. The molecule has 2 heterocycles. The third kappa shape index (κ3) is 2.65. The number of methoxy groups -OCH3 is 1. The van der Waals surface area contributed by atoms with Crippen LogP contribution in [-0.4, -0.2) is 26.9 Å². The highest BCUT2D eigenvalue weighted by atomic mass is 19.4. The van der Waals surface area contributed by atoms with E-state index in [1.807, 2.05) is 0 Å². The van der Waals surface area contributed by atoms with Crippen LogP contribution in [0.4, 0.5) is 13.2 Å². The molecule has 0 amide bonds. The van der Waals surface area contributed by atoms with E-state index in [1.54, 1.807) is 24.3 Å². The molecular weight excluding hydrogens is 301 g/mol. The molecule has 0 N–H and O–H groups in total. The molecular formula is C13H9F3N4O2. The van der Waals surface area contributed by atoms with Crippen molar-refractivity contribution in [2.45, 2.75) is 6.18 Å². The molecule has 0 aliphatic heterocycles. The van der Waals surface area contributed by atoms with Crippen LogP contribution < -0.4 is 9.47 Å². The molecule has 0 fully saturated rings. The fourth-order valence-corrected chi connectivity index (χ4v) is 1.77. The highest BCUT2D eigenvalue weighted by Gasteiger charge is 2.37. The molecule has 22 heavy (non-hydrogen) atoms. The number of fused-ring (bicyclic) bond motifs is 1. The highest BCUT2D eigenvalue weighted by molar-refractivity contribution is 5.39. The van der Waals surface area contributed by atoms with Gasteiger partial charge < -0.3 is 9.47 Å². The van der Waals surface area contributed by atoms with Gasteiger partial charge in [-0.15, -0.1) is 15.3 Å². The Morgan fingerprint density at radius 1 is 0.955 bits per heavy atom. The monoisotopic (exact) mass is 310 g/mol. The van der Waals surface area contributed by atoms with Crippen LogP contribution in [0.5, 0.6) is 17.4 Å². The first-order valence-electron chi connectivity index (χ1n) is 6.09. The Morgan fingerprint density at radius 2 is 1.64 bits per heavy atom. The smallest absolute Gasteiger partial charge is 0.453 e. The van der Waals surface area contributed by atoms with E-state index in [0.717, 1.165) is 0 Å². The maximum absolute atomic E-state index is 12.8. The normalized spacial score (nSPS) is 11.6. The lowest BCUT2D eigenvalue weighted by Crippen LogP contribution is -2.12. The van der Waals surface area contributed by atoms with Gasteiger partial charge in [0.05, 0.1) is 7.11 Å². The SMILES string of the molecule is COc1ccc(Oc2ccc3nnc(C(F)(F)F)n3n2)cc1. The summed E-state index contributed by atoms with van der Waals surface area (Å²) in [5.41, 5.74) is -0.0191. The van der Waals surface area contributed by atoms with E-state index in [2.05, 4.69) is 15.3 Å². The van der Waals surface area contributed by atoms with Gasteiger partial charge in [-0.3, -0.25) is 0 Å². The highest BCUT2D eigenvalue weighted by Crippen LogP contribution is 2.28. The first-order chi connectivity index (χ1) is 10.5. The number of nitrogens with zero attached hydrogens (tertiary/aromatic N) is 4. The Hall–Kier alpha value is -2.84. The first kappa shape index (κ1) is 14.1. The maximum atomic E-state index is 12.8. The number of ether oxygens (including phenoxy) is 2. The lowest BCUT2D eigenvalue weighted by molar-refractivity contribution is -0.146. The zero-order chi connectivity index (χ0) is 15.7. The molecule has 0 unspecified atom stereocenters. The van der Waals surface area contributed by atoms with E-state index in [-0.39, 0.29) is 11.5 Å². The van der Waals surface area contributed by atoms with Crippen LogP contribution in [0.1, 0.15) is 5.82 Å². The Morgan fingerprint density at radius 3 is 2.27 bits per heavy atom. The van der Waals surface area contributed by atoms with Crippen molar-refractivity contribution in [3.05, 3.63) is 42.2 Å². The van der Waals surface area contributed by atoms with Crippen molar-refractivity contribution in [3.63, 3.8) is 0 Å². The summed E-state index contributed by atoms with van der Waals surface area (Å²) in [5, 5.41) is 10.3. The van der Waals surface area contributed by atoms with Crippen LogP contribution in [-0.2, 0) is 6.18 Å². The molecule has 9 heteroatoms. The van der Waals surface area contributed by atoms with Crippen molar-refractivity contribution in [1.29, 1.82) is 0 Å². The average Bonchev–Trinajstić information content (AvgIpc) is 2.91. The third-order valence-electron chi connectivity index (χ3n) is 2.77. The molecule has 0 spiro atoms. The largest absolute Gasteiger partial charge is 0.497 e. The van der Waals surface area contributed by atoms with E-state index in [4.69, 9.17) is 9.47 Å². The van der Waals surface area contributed by atoms with Gasteiger partial charge in [0.2, 0.25) is 5.88 Å². The van der Waals surface area contributed by atoms with Gasteiger partial charge >= 0.3 is 6.18 Å². The first-order valence-corrected chi connectivity index (χ1v) is 6.09.